The van der Waals surface area contributed by atoms with E-state index in [1.165, 1.54) is 30.3 Å². The van der Waals surface area contributed by atoms with Crippen molar-refractivity contribution in [1.29, 1.82) is 0 Å². The van der Waals surface area contributed by atoms with Crippen LogP contribution in [0.4, 0.5) is 17.6 Å². The molecule has 0 radical (unpaired) electrons. The zero-order valence-corrected chi connectivity index (χ0v) is 14.7. The van der Waals surface area contributed by atoms with Crippen LogP contribution < -0.4 is 5.32 Å². The smallest absolute Gasteiger partial charge is 0.416 e. The molecule has 1 saturated carbocycles. The lowest BCUT2D eigenvalue weighted by atomic mass is 9.92. The highest BCUT2D eigenvalue weighted by Gasteiger charge is 2.40. The third kappa shape index (κ3) is 3.37. The standard InChI is InChI=1S/C21H17F4NO2/c22-16-10-2-1-9-15(16)19-18(27)17(20(28-19)26-14-7-4-8-14)12-5-3-6-13(11-12)21(23,24)25/h1-3,5-6,9-11,14,19,26H,4,7-8H2. The Morgan fingerprint density at radius 2 is 1.79 bits per heavy atom. The number of carbonyl (C=O) groups excluding carboxylic acids is 1. The van der Waals surface area contributed by atoms with Crippen LogP contribution in [-0.4, -0.2) is 11.8 Å². The Morgan fingerprint density at radius 3 is 2.43 bits per heavy atom. The second kappa shape index (κ2) is 6.96. The van der Waals surface area contributed by atoms with E-state index in [2.05, 4.69) is 5.32 Å². The molecule has 1 heterocycles. The molecule has 1 aliphatic heterocycles. The third-order valence-corrected chi connectivity index (χ3v) is 5.05. The summed E-state index contributed by atoms with van der Waals surface area (Å²) in [4.78, 5) is 13.0. The van der Waals surface area contributed by atoms with Gasteiger partial charge in [-0.15, -0.1) is 0 Å². The zero-order valence-electron chi connectivity index (χ0n) is 14.7. The number of Topliss-reactive ketones (excluding diaryl/α,β-unsaturated/α-hetero) is 1. The number of alkyl halides is 3. The molecule has 28 heavy (non-hydrogen) atoms. The highest BCUT2D eigenvalue weighted by molar-refractivity contribution is 6.25. The van der Waals surface area contributed by atoms with Gasteiger partial charge in [0.1, 0.15) is 5.82 Å². The van der Waals surface area contributed by atoms with Crippen LogP contribution in [0.3, 0.4) is 0 Å². The van der Waals surface area contributed by atoms with Crippen LogP contribution in [0.15, 0.2) is 54.4 Å². The molecule has 4 rings (SSSR count). The van der Waals surface area contributed by atoms with Crippen LogP contribution in [0.25, 0.3) is 5.57 Å². The molecule has 1 atom stereocenters. The maximum Gasteiger partial charge on any atom is 0.416 e. The van der Waals surface area contributed by atoms with Gasteiger partial charge in [-0.25, -0.2) is 4.39 Å². The fourth-order valence-electron chi connectivity index (χ4n) is 3.33. The van der Waals surface area contributed by atoms with Gasteiger partial charge in [-0.1, -0.05) is 30.3 Å². The number of ether oxygens (including phenoxy) is 1. The van der Waals surface area contributed by atoms with E-state index in [0.29, 0.717) is 0 Å². The fraction of sp³-hybridized carbons (Fsp3) is 0.286. The predicted molar refractivity (Wildman–Crippen MR) is 94.4 cm³/mol. The van der Waals surface area contributed by atoms with Gasteiger partial charge in [0.2, 0.25) is 5.78 Å². The first-order chi connectivity index (χ1) is 13.3. The molecule has 2 aromatic rings. The minimum Gasteiger partial charge on any atom is -0.462 e. The maximum atomic E-state index is 14.2. The number of halogens is 4. The Kier molecular flexibility index (Phi) is 4.61. The van der Waals surface area contributed by atoms with Crippen molar-refractivity contribution in [2.75, 3.05) is 0 Å². The number of rotatable bonds is 4. The first-order valence-electron chi connectivity index (χ1n) is 8.98. The summed E-state index contributed by atoms with van der Waals surface area (Å²) >= 11 is 0. The number of hydrogen-bond acceptors (Lipinski definition) is 3. The summed E-state index contributed by atoms with van der Waals surface area (Å²) in [6.45, 7) is 0. The lowest BCUT2D eigenvalue weighted by Gasteiger charge is -2.28. The Bertz CT molecular complexity index is 947. The molecule has 2 aromatic carbocycles. The number of nitrogens with one attached hydrogen (secondary N) is 1. The Balaban J connectivity index is 1.75. The van der Waals surface area contributed by atoms with Gasteiger partial charge in [-0.2, -0.15) is 13.2 Å². The Labute approximate surface area is 159 Å². The molecule has 1 aliphatic carbocycles. The van der Waals surface area contributed by atoms with Crippen molar-refractivity contribution in [1.82, 2.24) is 5.32 Å². The molecule has 0 amide bonds. The van der Waals surface area contributed by atoms with E-state index < -0.39 is 29.4 Å². The van der Waals surface area contributed by atoms with Gasteiger partial charge in [0, 0.05) is 11.6 Å². The van der Waals surface area contributed by atoms with Crippen molar-refractivity contribution in [3.05, 3.63) is 76.9 Å². The van der Waals surface area contributed by atoms with Gasteiger partial charge in [0.25, 0.3) is 0 Å². The quantitative estimate of drug-likeness (QED) is 0.746. The van der Waals surface area contributed by atoms with Gasteiger partial charge in [-0.3, -0.25) is 4.79 Å². The summed E-state index contributed by atoms with van der Waals surface area (Å²) < 4.78 is 59.3. The topological polar surface area (TPSA) is 38.3 Å². The van der Waals surface area contributed by atoms with Crippen LogP contribution in [-0.2, 0) is 15.7 Å². The maximum absolute atomic E-state index is 14.2. The molecule has 0 aromatic heterocycles. The molecule has 2 aliphatic rings. The summed E-state index contributed by atoms with van der Waals surface area (Å²) in [5.74, 6) is -1.05. The molecule has 7 heteroatoms. The van der Waals surface area contributed by atoms with Crippen molar-refractivity contribution in [2.24, 2.45) is 0 Å². The molecule has 1 N–H and O–H groups in total. The highest BCUT2D eigenvalue weighted by Crippen LogP contribution is 2.40. The average Bonchev–Trinajstić information content (AvgIpc) is 2.94. The number of ketones is 1. The summed E-state index contributed by atoms with van der Waals surface area (Å²) in [6.07, 6.45) is -2.99. The van der Waals surface area contributed by atoms with Crippen molar-refractivity contribution < 1.29 is 27.1 Å². The Hall–Kier alpha value is -2.83. The van der Waals surface area contributed by atoms with Crippen molar-refractivity contribution in [3.63, 3.8) is 0 Å². The normalized spacial score (nSPS) is 20.1. The van der Waals surface area contributed by atoms with Gasteiger partial charge < -0.3 is 10.1 Å². The monoisotopic (exact) mass is 391 g/mol. The van der Waals surface area contributed by atoms with E-state index in [1.54, 1.807) is 6.07 Å². The lowest BCUT2D eigenvalue weighted by molar-refractivity contribution is -0.137. The largest absolute Gasteiger partial charge is 0.462 e. The lowest BCUT2D eigenvalue weighted by Crippen LogP contribution is -2.35. The number of benzene rings is 2. The number of hydrogen-bond donors (Lipinski definition) is 1. The van der Waals surface area contributed by atoms with E-state index in [9.17, 15) is 22.4 Å². The molecule has 0 spiro atoms. The molecule has 1 fully saturated rings. The average molecular weight is 391 g/mol. The fourth-order valence-corrected chi connectivity index (χ4v) is 3.33. The molecule has 146 valence electrons. The van der Waals surface area contributed by atoms with Gasteiger partial charge in [0.15, 0.2) is 12.0 Å². The zero-order chi connectivity index (χ0) is 19.9. The van der Waals surface area contributed by atoms with Crippen LogP contribution in [0.2, 0.25) is 0 Å². The summed E-state index contributed by atoms with van der Waals surface area (Å²) in [5, 5.41) is 3.10. The first-order valence-corrected chi connectivity index (χ1v) is 8.98. The van der Waals surface area contributed by atoms with Gasteiger partial charge in [0.05, 0.1) is 11.1 Å². The predicted octanol–water partition coefficient (Wildman–Crippen LogP) is 5.00. The Morgan fingerprint density at radius 1 is 1.04 bits per heavy atom. The summed E-state index contributed by atoms with van der Waals surface area (Å²) in [7, 11) is 0. The minimum atomic E-state index is -4.54. The van der Waals surface area contributed by atoms with Crippen LogP contribution >= 0.6 is 0 Å². The van der Waals surface area contributed by atoms with E-state index in [1.807, 2.05) is 0 Å². The van der Waals surface area contributed by atoms with E-state index in [4.69, 9.17) is 4.74 Å². The van der Waals surface area contributed by atoms with Crippen LogP contribution in [0, 0.1) is 5.82 Å². The molecular formula is C21H17F4NO2. The molecule has 1 unspecified atom stereocenters. The molecule has 3 nitrogen and oxygen atoms in total. The van der Waals surface area contributed by atoms with Gasteiger partial charge in [-0.05, 0) is 43.0 Å². The minimum absolute atomic E-state index is 0.0197. The summed E-state index contributed by atoms with van der Waals surface area (Å²) in [6, 6.07) is 10.3. The van der Waals surface area contributed by atoms with Crippen LogP contribution in [0.1, 0.15) is 42.1 Å². The van der Waals surface area contributed by atoms with E-state index in [-0.39, 0.29) is 28.6 Å². The second-order valence-corrected chi connectivity index (χ2v) is 6.94. The van der Waals surface area contributed by atoms with E-state index >= 15 is 0 Å². The molecular weight excluding hydrogens is 374 g/mol. The van der Waals surface area contributed by atoms with Crippen molar-refractivity contribution in [3.8, 4) is 0 Å². The molecule has 0 bridgehead atoms. The number of carbonyl (C=O) groups is 1. The summed E-state index contributed by atoms with van der Waals surface area (Å²) in [5.41, 5.74) is -0.684. The SMILES string of the molecule is O=C1C(c2cccc(C(F)(F)F)c2)=C(NC2CCC2)OC1c1ccccc1F. The third-order valence-electron chi connectivity index (χ3n) is 5.05. The second-order valence-electron chi connectivity index (χ2n) is 6.94. The first kappa shape index (κ1) is 18.5. The van der Waals surface area contributed by atoms with Crippen molar-refractivity contribution >= 4 is 11.4 Å². The highest BCUT2D eigenvalue weighted by atomic mass is 19.4. The van der Waals surface area contributed by atoms with Gasteiger partial charge >= 0.3 is 6.18 Å². The van der Waals surface area contributed by atoms with E-state index in [0.717, 1.165) is 31.4 Å². The van der Waals surface area contributed by atoms with Crippen LogP contribution in [0.5, 0.6) is 0 Å². The van der Waals surface area contributed by atoms with Crippen molar-refractivity contribution in [2.45, 2.75) is 37.6 Å². The molecule has 0 saturated heterocycles.